The second-order valence-corrected chi connectivity index (χ2v) is 8.57. The molecule has 1 aliphatic heterocycles. The van der Waals surface area contributed by atoms with E-state index in [1.54, 1.807) is 6.07 Å². The number of fused-ring (bicyclic) bond motifs is 1. The molecule has 2 unspecified atom stereocenters. The van der Waals surface area contributed by atoms with Gasteiger partial charge in [0.25, 0.3) is 11.8 Å². The van der Waals surface area contributed by atoms with Gasteiger partial charge in [-0.2, -0.15) is 18.4 Å². The van der Waals surface area contributed by atoms with Gasteiger partial charge in [0, 0.05) is 33.0 Å². The molecule has 3 aromatic carbocycles. The van der Waals surface area contributed by atoms with E-state index >= 15 is 0 Å². The number of carbonyl (C=O) groups is 2. The molecule has 2 amide bonds. The van der Waals surface area contributed by atoms with Crippen LogP contribution in [0.4, 0.5) is 27.6 Å². The number of carbonyl (C=O) groups excluding carboxylic acids is 2. The topological polar surface area (TPSA) is 102 Å². The summed E-state index contributed by atoms with van der Waals surface area (Å²) in [6.45, 7) is 0. The van der Waals surface area contributed by atoms with Crippen LogP contribution in [0, 0.1) is 23.0 Å². The van der Waals surface area contributed by atoms with Crippen LogP contribution in [0.3, 0.4) is 0 Å². The molecule has 0 spiro atoms. The lowest BCUT2D eigenvalue weighted by Gasteiger charge is -2.20. The maximum Gasteiger partial charge on any atom is 0.416 e. The number of benzene rings is 3. The van der Waals surface area contributed by atoms with E-state index in [0.29, 0.717) is 12.1 Å². The molecule has 3 N–H and O–H groups in total. The Kier molecular flexibility index (Phi) is 6.90. The number of nitrogens with zero attached hydrogens (tertiary/aromatic N) is 1. The average molecular weight is 536 g/mol. The van der Waals surface area contributed by atoms with Crippen LogP contribution in [-0.4, -0.2) is 16.9 Å². The summed E-state index contributed by atoms with van der Waals surface area (Å²) < 4.78 is 67.3. The van der Waals surface area contributed by atoms with Crippen LogP contribution in [0.1, 0.15) is 61.5 Å². The number of rotatable bonds is 5. The first-order valence-electron chi connectivity index (χ1n) is 10.6. The number of aliphatic hydroxyl groups is 1. The van der Waals surface area contributed by atoms with E-state index in [9.17, 15) is 36.6 Å². The first-order valence-corrected chi connectivity index (χ1v) is 10.9. The van der Waals surface area contributed by atoms with E-state index in [-0.39, 0.29) is 45.5 Å². The van der Waals surface area contributed by atoms with Gasteiger partial charge in [-0.1, -0.05) is 11.6 Å². The number of hydrogen-bond donors (Lipinski definition) is 3. The minimum atomic E-state index is -4.92. The first kappa shape index (κ1) is 26.1. The highest BCUT2D eigenvalue weighted by atomic mass is 35.5. The smallest absolute Gasteiger partial charge is 0.387 e. The van der Waals surface area contributed by atoms with Gasteiger partial charge in [-0.25, -0.2) is 8.78 Å². The summed E-state index contributed by atoms with van der Waals surface area (Å²) in [6, 6.07) is 7.88. The van der Waals surface area contributed by atoms with Crippen LogP contribution < -0.4 is 10.6 Å². The Bertz CT molecular complexity index is 1470. The van der Waals surface area contributed by atoms with Gasteiger partial charge in [0.05, 0.1) is 30.2 Å². The molecule has 0 aromatic heterocycles. The van der Waals surface area contributed by atoms with Crippen molar-refractivity contribution in [1.29, 1.82) is 5.26 Å². The summed E-state index contributed by atoms with van der Waals surface area (Å²) in [5.41, 5.74) is -1.98. The third-order valence-corrected chi connectivity index (χ3v) is 6.03. The molecule has 4 rings (SSSR count). The predicted octanol–water partition coefficient (Wildman–Crippen LogP) is 5.67. The highest BCUT2D eigenvalue weighted by Gasteiger charge is 2.36. The highest BCUT2D eigenvalue weighted by Crippen LogP contribution is 2.41. The lowest BCUT2D eigenvalue weighted by molar-refractivity contribution is -0.137. The van der Waals surface area contributed by atoms with Crippen molar-refractivity contribution in [3.05, 3.63) is 98.6 Å². The summed E-state index contributed by atoms with van der Waals surface area (Å²) in [4.78, 5) is 25.8. The summed E-state index contributed by atoms with van der Waals surface area (Å²) >= 11 is 6.22. The monoisotopic (exact) mass is 535 g/mol. The van der Waals surface area contributed by atoms with Gasteiger partial charge in [0.2, 0.25) is 0 Å². The Balaban J connectivity index is 1.85. The number of hydrogen-bond acceptors (Lipinski definition) is 4. The fourth-order valence-corrected chi connectivity index (χ4v) is 4.23. The average Bonchev–Trinajstić information content (AvgIpc) is 3.16. The minimum Gasteiger partial charge on any atom is -0.387 e. The third kappa shape index (κ3) is 5.26. The van der Waals surface area contributed by atoms with Gasteiger partial charge < -0.3 is 15.7 Å². The van der Waals surface area contributed by atoms with Crippen LogP contribution in [0.15, 0.2) is 48.5 Å². The van der Waals surface area contributed by atoms with Crippen molar-refractivity contribution in [3.63, 3.8) is 0 Å². The number of amides is 2. The number of aliphatic hydroxyl groups excluding tert-OH is 1. The van der Waals surface area contributed by atoms with E-state index in [4.69, 9.17) is 16.9 Å². The van der Waals surface area contributed by atoms with Crippen LogP contribution in [0.5, 0.6) is 0 Å². The molecule has 3 aromatic rings. The Hall–Kier alpha value is -4.01. The van der Waals surface area contributed by atoms with Gasteiger partial charge >= 0.3 is 6.18 Å². The zero-order valence-corrected chi connectivity index (χ0v) is 19.2. The summed E-state index contributed by atoms with van der Waals surface area (Å²) in [6.07, 6.45) is -6.66. The van der Waals surface area contributed by atoms with Gasteiger partial charge in [-0.05, 0) is 54.1 Å². The zero-order valence-electron chi connectivity index (χ0n) is 18.5. The van der Waals surface area contributed by atoms with Gasteiger partial charge in [-0.15, -0.1) is 0 Å². The van der Waals surface area contributed by atoms with Crippen molar-refractivity contribution in [2.75, 3.05) is 5.32 Å². The Morgan fingerprint density at radius 1 is 1.14 bits per heavy atom. The zero-order chi connectivity index (χ0) is 27.1. The van der Waals surface area contributed by atoms with Crippen LogP contribution in [-0.2, 0) is 6.18 Å². The molecule has 1 heterocycles. The predicted molar refractivity (Wildman–Crippen MR) is 122 cm³/mol. The lowest BCUT2D eigenvalue weighted by atomic mass is 9.92. The summed E-state index contributed by atoms with van der Waals surface area (Å²) in [5.74, 6) is -3.80. The maximum absolute atomic E-state index is 14.0. The van der Waals surface area contributed by atoms with Crippen molar-refractivity contribution in [1.82, 2.24) is 5.32 Å². The SMILES string of the molecule is N#CCC(O)c1cc(NC(=O)c2cc(F)cc(C(F)(F)F)c2)c2c(c1)C(=O)NC2c1cc(F)ccc1Cl. The minimum absolute atomic E-state index is 0.0481. The van der Waals surface area contributed by atoms with Crippen molar-refractivity contribution in [2.45, 2.75) is 24.7 Å². The standard InChI is InChI=1S/C25H15ClF5N3O3/c26-18-2-1-14(27)10-16(18)22-21-17(24(37)34-22)7-11(20(35)3-4-32)8-19(21)33-23(36)12-5-13(25(29,30)31)9-15(28)6-12/h1-2,5-10,20,22,35H,3H2,(H,33,36)(H,34,37). The molecule has 12 heteroatoms. The third-order valence-electron chi connectivity index (χ3n) is 5.69. The van der Waals surface area contributed by atoms with Crippen LogP contribution >= 0.6 is 11.6 Å². The second kappa shape index (κ2) is 9.80. The van der Waals surface area contributed by atoms with E-state index in [1.807, 2.05) is 0 Å². The fourth-order valence-electron chi connectivity index (χ4n) is 4.00. The van der Waals surface area contributed by atoms with Crippen molar-refractivity contribution in [2.24, 2.45) is 0 Å². The fraction of sp³-hybridized carbons (Fsp3) is 0.160. The summed E-state index contributed by atoms with van der Waals surface area (Å²) in [7, 11) is 0. The quantitative estimate of drug-likeness (QED) is 0.366. The van der Waals surface area contributed by atoms with E-state index in [1.165, 1.54) is 18.2 Å². The van der Waals surface area contributed by atoms with Gasteiger partial charge in [0.15, 0.2) is 0 Å². The van der Waals surface area contributed by atoms with E-state index in [2.05, 4.69) is 10.6 Å². The first-order chi connectivity index (χ1) is 17.4. The van der Waals surface area contributed by atoms with E-state index in [0.717, 1.165) is 12.1 Å². The number of alkyl halides is 3. The number of nitriles is 1. The van der Waals surface area contributed by atoms with Gasteiger partial charge in [0.1, 0.15) is 11.6 Å². The Morgan fingerprint density at radius 2 is 1.86 bits per heavy atom. The Labute approximate surface area is 211 Å². The largest absolute Gasteiger partial charge is 0.416 e. The van der Waals surface area contributed by atoms with Crippen molar-refractivity contribution < 1.29 is 36.6 Å². The normalized spacial score (nSPS) is 15.5. The molecular weight excluding hydrogens is 521 g/mol. The number of anilines is 1. The van der Waals surface area contributed by atoms with Crippen molar-refractivity contribution in [3.8, 4) is 6.07 Å². The number of nitrogens with one attached hydrogen (secondary N) is 2. The maximum atomic E-state index is 14.0. The summed E-state index contributed by atoms with van der Waals surface area (Å²) in [5, 5.41) is 24.3. The Morgan fingerprint density at radius 3 is 2.54 bits per heavy atom. The molecule has 1 aliphatic rings. The highest BCUT2D eigenvalue weighted by molar-refractivity contribution is 6.31. The molecule has 2 atom stereocenters. The molecule has 0 radical (unpaired) electrons. The molecule has 0 saturated heterocycles. The molecule has 0 saturated carbocycles. The second-order valence-electron chi connectivity index (χ2n) is 8.16. The number of halogens is 6. The van der Waals surface area contributed by atoms with Gasteiger partial charge in [-0.3, -0.25) is 9.59 Å². The molecule has 6 nitrogen and oxygen atoms in total. The lowest BCUT2D eigenvalue weighted by Crippen LogP contribution is -2.21. The van der Waals surface area contributed by atoms with Crippen molar-refractivity contribution >= 4 is 29.1 Å². The molecule has 0 fully saturated rings. The van der Waals surface area contributed by atoms with E-state index < -0.39 is 52.9 Å². The molecule has 0 aliphatic carbocycles. The molecule has 190 valence electrons. The van der Waals surface area contributed by atoms with Crippen LogP contribution in [0.25, 0.3) is 0 Å². The molecule has 0 bridgehead atoms. The van der Waals surface area contributed by atoms with Crippen LogP contribution in [0.2, 0.25) is 5.02 Å². The molecule has 37 heavy (non-hydrogen) atoms. The molecular formula is C25H15ClF5N3O3.